The van der Waals surface area contributed by atoms with Gasteiger partial charge in [-0.3, -0.25) is 0 Å². The molecule has 0 aliphatic heterocycles. The number of aromatic nitrogens is 6. The van der Waals surface area contributed by atoms with E-state index in [0.717, 1.165) is 61.4 Å². The van der Waals surface area contributed by atoms with Gasteiger partial charge in [0.25, 0.3) is 0 Å². The summed E-state index contributed by atoms with van der Waals surface area (Å²) in [5, 5.41) is 28.6. The minimum absolute atomic E-state index is 0.846. The van der Waals surface area contributed by atoms with E-state index < -0.39 is 0 Å². The highest BCUT2D eigenvalue weighted by atomic mass is 79.9. The third-order valence-corrected chi connectivity index (χ3v) is 30.7. The van der Waals surface area contributed by atoms with Gasteiger partial charge in [-0.05, 0) is 297 Å². The molecule has 0 saturated heterocycles. The largest absolute Gasteiger partial charge is 0.456 e. The Labute approximate surface area is 851 Å². The summed E-state index contributed by atoms with van der Waals surface area (Å²) < 4.78 is 23.2. The van der Waals surface area contributed by atoms with Crippen LogP contribution in [0.5, 0.6) is 0 Å². The Morgan fingerprint density at radius 1 is 0.163 bits per heavy atom. The van der Waals surface area contributed by atoms with E-state index >= 15 is 0 Å². The minimum atomic E-state index is 0.846. The molecule has 664 valence electrons. The van der Waals surface area contributed by atoms with Crippen LogP contribution in [-0.2, 0) is 0 Å². The van der Waals surface area contributed by atoms with E-state index in [1.165, 1.54) is 219 Å². The first kappa shape index (κ1) is 84.5. The molecule has 24 aromatic carbocycles. The maximum Gasteiger partial charge on any atom is 0.135 e. The van der Waals surface area contributed by atoms with Crippen LogP contribution in [0.15, 0.2) is 494 Å². The molecule has 0 aliphatic carbocycles. The summed E-state index contributed by atoms with van der Waals surface area (Å²) in [6, 6.07) is 167. The van der Waals surface area contributed by atoms with Gasteiger partial charge in [0.2, 0.25) is 0 Å². The number of hydrogen-bond acceptors (Lipinski definition) is 2. The van der Waals surface area contributed by atoms with E-state index in [0.29, 0.717) is 0 Å². The minimum Gasteiger partial charge on any atom is -0.456 e. The normalized spacial score (nSPS) is 11.9. The Morgan fingerprint density at radius 3 is 0.723 bits per heavy atom. The second kappa shape index (κ2) is 34.4. The number of nitrogens with zero attached hydrogens (tertiary/aromatic N) is 6. The van der Waals surface area contributed by atoms with E-state index in [2.05, 4.69) is 544 Å². The lowest BCUT2D eigenvalue weighted by Crippen LogP contribution is -1.94. The molecule has 0 saturated carbocycles. The molecule has 141 heavy (non-hydrogen) atoms. The highest BCUT2D eigenvalue weighted by Crippen LogP contribution is 2.48. The van der Waals surface area contributed by atoms with Crippen molar-refractivity contribution >= 4 is 264 Å². The molecule has 0 N–H and O–H groups in total. The van der Waals surface area contributed by atoms with E-state index in [9.17, 15) is 0 Å². The number of pyridine rings is 1. The topological polar surface area (TPSA) is 50.7 Å². The second-order valence-corrected chi connectivity index (χ2v) is 40.7. The van der Waals surface area contributed by atoms with E-state index in [1.54, 1.807) is 0 Å². The van der Waals surface area contributed by atoms with E-state index in [4.69, 9.17) is 4.42 Å². The third-order valence-electron chi connectivity index (χ3n) is 28.2. The van der Waals surface area contributed by atoms with E-state index in [1.807, 2.05) is 30.3 Å². The highest BCUT2D eigenvalue weighted by molar-refractivity contribution is 9.11. The lowest BCUT2D eigenvalue weighted by Gasteiger charge is -2.10. The number of halogens is 5. The molecule has 0 radical (unpaired) electrons. The van der Waals surface area contributed by atoms with Gasteiger partial charge in [0.15, 0.2) is 0 Å². The summed E-state index contributed by atoms with van der Waals surface area (Å²) in [6.45, 7) is 0. The predicted octanol–water partition coefficient (Wildman–Crippen LogP) is 38.6. The first-order valence-corrected chi connectivity index (χ1v) is 51.1. The van der Waals surface area contributed by atoms with Gasteiger partial charge < -0.3 is 27.3 Å². The number of benzene rings is 24. The smallest absolute Gasteiger partial charge is 0.135 e. The molecule has 7 nitrogen and oxygen atoms in total. The van der Waals surface area contributed by atoms with Gasteiger partial charge in [-0.2, -0.15) is 0 Å². The lowest BCUT2D eigenvalue weighted by atomic mass is 10.0. The van der Waals surface area contributed by atoms with Crippen LogP contribution in [0.4, 0.5) is 0 Å². The molecule has 0 spiro atoms. The Kier molecular flexibility index (Phi) is 20.6. The fourth-order valence-corrected chi connectivity index (χ4v) is 23.9. The zero-order valence-electron chi connectivity index (χ0n) is 75.4. The predicted molar refractivity (Wildman–Crippen MR) is 613 cm³/mol. The first-order valence-electron chi connectivity index (χ1n) is 47.1. The average Bonchev–Trinajstić information content (AvgIpc) is 1.58. The molecule has 12 heteroatoms. The van der Waals surface area contributed by atoms with Gasteiger partial charge in [-0.25, -0.2) is 4.98 Å². The summed E-state index contributed by atoms with van der Waals surface area (Å²) in [5.41, 5.74) is 29.5. The number of furan rings is 1. The molecular formula is C129H77Br5N6O. The lowest BCUT2D eigenvalue weighted by molar-refractivity contribution is 0.669. The summed E-state index contributed by atoms with van der Waals surface area (Å²) in [5.74, 6) is 0. The molecule has 0 aliphatic rings. The van der Waals surface area contributed by atoms with Crippen molar-refractivity contribution in [3.8, 4) is 73.1 Å². The molecule has 31 aromatic rings. The van der Waals surface area contributed by atoms with E-state index in [-0.39, 0.29) is 0 Å². The molecule has 0 fully saturated rings. The standard InChI is InChI=1S/C32H18BrNO.2C26H16BrN.C25H15BrN2.C20H12BrN/c33-23-13-15-30-26(18-23)25-17-22(12-14-29(25)35-30)21-6-1-7-24(16-21)34-27-8-2-4-19-10-11-20-5-3-9-28(34)32(20)31(19)27;27-21-9-1-7-19(15-21)20-8-2-10-22(16-20)28-23-11-3-5-17-13-14-18-6-4-12-24(28)26(18)25(17)23;27-21-14-12-17(13-15-21)20-6-1-7-22(16-20)28-23-8-2-4-18-10-11-19-5-3-9-24(28)26(19)25(18)23;26-23-12-4-9-20(27-23)18-7-1-8-19(15-18)28-21-10-2-5-16-13-14-17-6-3-11-22(28)25(17)24(16)21;21-15-6-3-7-16(12-15)22-17-8-1-4-13-10-11-14-5-2-9-18(22)20(14)19(13)17/h1-18H;2*1-16H;1-15H;1-12H. The first-order chi connectivity index (χ1) is 69.4. The molecule has 7 aromatic heterocycles. The van der Waals surface area contributed by atoms with Crippen LogP contribution in [0.2, 0.25) is 0 Å². The number of hydrogen-bond donors (Lipinski definition) is 0. The van der Waals surface area contributed by atoms with Crippen molar-refractivity contribution in [1.82, 2.24) is 27.8 Å². The SMILES string of the molecule is Brc1ccc(-c2cccc(-n3c4cccc5ccc6cccc3c6c54)c2)cc1.Brc1ccc2oc3ccc(-c4cccc(-n5c6cccc7ccc8cccc5c8c76)c4)cc3c2c1.Brc1cccc(-c2cccc(-n3c4cccc5ccc6cccc3c6c54)c2)c1.Brc1cccc(-c2cccc(-n3c4cccc5ccc6cccc3c6c54)c2)n1.Brc1cccc(-n2c3cccc4ccc5cccc2c5c43)c1. The fourth-order valence-electron chi connectivity index (χ4n) is 22.2. The van der Waals surface area contributed by atoms with Crippen LogP contribution in [0.1, 0.15) is 0 Å². The Morgan fingerprint density at radius 2 is 0.397 bits per heavy atom. The van der Waals surface area contributed by atoms with Gasteiger partial charge in [0.05, 0.1) is 60.9 Å². The zero-order chi connectivity index (χ0) is 93.8. The Bertz CT molecular complexity index is 9760. The summed E-state index contributed by atoms with van der Waals surface area (Å²) in [6.07, 6.45) is 0. The molecule has 7 heterocycles. The number of fused-ring (bicyclic) bond motifs is 3. The maximum absolute atomic E-state index is 6.07. The van der Waals surface area contributed by atoms with Crippen LogP contribution < -0.4 is 0 Å². The van der Waals surface area contributed by atoms with Crippen molar-refractivity contribution in [1.29, 1.82) is 0 Å². The van der Waals surface area contributed by atoms with Gasteiger partial charge >= 0.3 is 0 Å². The molecule has 0 amide bonds. The van der Waals surface area contributed by atoms with Crippen LogP contribution in [0, 0.1) is 0 Å². The average molecular weight is 2130 g/mol. The van der Waals surface area contributed by atoms with Crippen molar-refractivity contribution < 1.29 is 4.42 Å². The van der Waals surface area contributed by atoms with Gasteiger partial charge in [0.1, 0.15) is 15.8 Å². The second-order valence-electron chi connectivity index (χ2n) is 36.3. The van der Waals surface area contributed by atoms with Crippen LogP contribution >= 0.6 is 79.6 Å². The Balaban J connectivity index is 0.0000000889. The fraction of sp³-hybridized carbons (Fsp3) is 0. The summed E-state index contributed by atoms with van der Waals surface area (Å²) in [4.78, 5) is 4.63. The van der Waals surface area contributed by atoms with Crippen LogP contribution in [0.25, 0.3) is 258 Å². The molecule has 0 unspecified atom stereocenters. The van der Waals surface area contributed by atoms with Crippen LogP contribution in [-0.4, -0.2) is 27.8 Å². The molecule has 0 atom stereocenters. The summed E-state index contributed by atoms with van der Waals surface area (Å²) in [7, 11) is 0. The zero-order valence-corrected chi connectivity index (χ0v) is 83.4. The van der Waals surface area contributed by atoms with Crippen molar-refractivity contribution in [2.24, 2.45) is 0 Å². The maximum atomic E-state index is 6.07. The monoisotopic (exact) mass is 2120 g/mol. The number of rotatable bonds is 9. The third kappa shape index (κ3) is 14.4. The van der Waals surface area contributed by atoms with Crippen molar-refractivity contribution in [3.05, 3.63) is 490 Å². The summed E-state index contributed by atoms with van der Waals surface area (Å²) >= 11 is 17.8. The van der Waals surface area contributed by atoms with Crippen molar-refractivity contribution in [2.75, 3.05) is 0 Å². The van der Waals surface area contributed by atoms with Crippen molar-refractivity contribution in [2.45, 2.75) is 0 Å². The van der Waals surface area contributed by atoms with Gasteiger partial charge in [-0.1, -0.05) is 337 Å². The highest BCUT2D eigenvalue weighted by Gasteiger charge is 2.25. The van der Waals surface area contributed by atoms with Gasteiger partial charge in [-0.15, -0.1) is 0 Å². The van der Waals surface area contributed by atoms with Gasteiger partial charge in [0, 0.05) is 117 Å². The molecule has 31 rings (SSSR count). The Hall–Kier alpha value is -15.8. The van der Waals surface area contributed by atoms with Crippen LogP contribution in [0.3, 0.4) is 0 Å². The van der Waals surface area contributed by atoms with Crippen molar-refractivity contribution in [3.63, 3.8) is 0 Å². The quantitative estimate of drug-likeness (QED) is 0.107. The molecule has 0 bridgehead atoms. The molecular weight excluding hydrogens is 2050 g/mol.